The van der Waals surface area contributed by atoms with Crippen LogP contribution < -0.4 is 5.73 Å². The molecule has 1 aromatic rings. The molecule has 0 aromatic carbocycles. The molecule has 0 fully saturated rings. The van der Waals surface area contributed by atoms with E-state index in [4.69, 9.17) is 5.73 Å². The first-order chi connectivity index (χ1) is 5.34. The number of nitrogens with two attached hydrogens (primary N) is 1. The molecule has 3 nitrogen and oxygen atoms in total. The Bertz CT molecular complexity index is 237. The van der Waals surface area contributed by atoms with Gasteiger partial charge in [0, 0.05) is 13.2 Å². The molecule has 2 N–H and O–H groups in total. The molecule has 3 heteroatoms. The van der Waals surface area contributed by atoms with Gasteiger partial charge in [-0.25, -0.2) is 0 Å². The van der Waals surface area contributed by atoms with Gasteiger partial charge in [-0.15, -0.1) is 0 Å². The van der Waals surface area contributed by atoms with E-state index in [1.54, 1.807) is 6.20 Å². The molecule has 0 radical (unpaired) electrons. The topological polar surface area (TPSA) is 43.8 Å². The zero-order valence-corrected chi connectivity index (χ0v) is 6.70. The predicted octanol–water partition coefficient (Wildman–Crippen LogP) is 0.782. The van der Waals surface area contributed by atoms with Gasteiger partial charge in [0.15, 0.2) is 0 Å². The van der Waals surface area contributed by atoms with E-state index >= 15 is 0 Å². The van der Waals surface area contributed by atoms with Gasteiger partial charge >= 0.3 is 0 Å². The summed E-state index contributed by atoms with van der Waals surface area (Å²) in [4.78, 5) is 0. The number of rotatable bonds is 3. The van der Waals surface area contributed by atoms with E-state index < -0.39 is 0 Å². The minimum atomic E-state index is 0.703. The summed E-state index contributed by atoms with van der Waals surface area (Å²) in [7, 11) is 1.92. The van der Waals surface area contributed by atoms with Crippen molar-refractivity contribution >= 4 is 6.08 Å². The minimum absolute atomic E-state index is 0.703. The van der Waals surface area contributed by atoms with E-state index in [-0.39, 0.29) is 0 Å². The Morgan fingerprint density at radius 1 is 1.73 bits per heavy atom. The lowest BCUT2D eigenvalue weighted by Gasteiger charge is -1.92. The van der Waals surface area contributed by atoms with Crippen LogP contribution in [0.3, 0.4) is 0 Å². The van der Waals surface area contributed by atoms with Gasteiger partial charge in [-0.05, 0) is 25.1 Å². The molecule has 0 amide bonds. The van der Waals surface area contributed by atoms with E-state index in [0.717, 1.165) is 12.1 Å². The second-order valence-electron chi connectivity index (χ2n) is 2.36. The Labute approximate surface area is 66.5 Å². The SMILES string of the molecule is Cn1nccc1C=CCCN. The van der Waals surface area contributed by atoms with Crippen LogP contribution in [0.2, 0.25) is 0 Å². The summed E-state index contributed by atoms with van der Waals surface area (Å²) in [5.41, 5.74) is 6.44. The molecule has 0 saturated heterocycles. The van der Waals surface area contributed by atoms with Crippen molar-refractivity contribution in [3.8, 4) is 0 Å². The summed E-state index contributed by atoms with van der Waals surface area (Å²) in [6.07, 6.45) is 6.78. The van der Waals surface area contributed by atoms with Gasteiger partial charge in [0.05, 0.1) is 5.69 Å². The molecule has 0 aliphatic rings. The van der Waals surface area contributed by atoms with Crippen LogP contribution in [-0.4, -0.2) is 16.3 Å². The second-order valence-corrected chi connectivity index (χ2v) is 2.36. The van der Waals surface area contributed by atoms with Gasteiger partial charge in [-0.1, -0.05) is 6.08 Å². The van der Waals surface area contributed by atoms with Gasteiger partial charge in [0.2, 0.25) is 0 Å². The maximum absolute atomic E-state index is 5.33. The predicted molar refractivity (Wildman–Crippen MR) is 45.9 cm³/mol. The van der Waals surface area contributed by atoms with Crippen LogP contribution >= 0.6 is 0 Å². The Morgan fingerprint density at radius 3 is 3.09 bits per heavy atom. The Kier molecular flexibility index (Phi) is 2.86. The zero-order valence-electron chi connectivity index (χ0n) is 6.70. The lowest BCUT2D eigenvalue weighted by Crippen LogP contribution is -1.96. The Balaban J connectivity index is 2.56. The van der Waals surface area contributed by atoms with E-state index in [0.29, 0.717) is 6.54 Å². The van der Waals surface area contributed by atoms with Crippen molar-refractivity contribution in [1.82, 2.24) is 9.78 Å². The molecule has 0 bridgehead atoms. The van der Waals surface area contributed by atoms with E-state index in [1.165, 1.54) is 0 Å². The number of nitrogens with zero attached hydrogens (tertiary/aromatic N) is 2. The first-order valence-corrected chi connectivity index (χ1v) is 3.69. The quantitative estimate of drug-likeness (QED) is 0.693. The van der Waals surface area contributed by atoms with Crippen molar-refractivity contribution < 1.29 is 0 Å². The number of aryl methyl sites for hydroxylation is 1. The van der Waals surface area contributed by atoms with Crippen LogP contribution in [-0.2, 0) is 7.05 Å². The first-order valence-electron chi connectivity index (χ1n) is 3.69. The fourth-order valence-corrected chi connectivity index (χ4v) is 0.848. The van der Waals surface area contributed by atoms with Gasteiger partial charge in [0.1, 0.15) is 0 Å². The minimum Gasteiger partial charge on any atom is -0.330 e. The molecule has 0 spiro atoms. The molecule has 1 rings (SSSR count). The van der Waals surface area contributed by atoms with Crippen LogP contribution in [0.4, 0.5) is 0 Å². The number of hydrogen-bond acceptors (Lipinski definition) is 2. The van der Waals surface area contributed by atoms with Crippen molar-refractivity contribution in [2.75, 3.05) is 6.54 Å². The average molecular weight is 151 g/mol. The first kappa shape index (κ1) is 8.01. The maximum Gasteiger partial charge on any atom is 0.0603 e. The van der Waals surface area contributed by atoms with Gasteiger partial charge in [0.25, 0.3) is 0 Å². The third-order valence-corrected chi connectivity index (χ3v) is 1.48. The molecule has 60 valence electrons. The monoisotopic (exact) mass is 151 g/mol. The van der Waals surface area contributed by atoms with Crippen LogP contribution in [0, 0.1) is 0 Å². The Morgan fingerprint density at radius 2 is 2.55 bits per heavy atom. The van der Waals surface area contributed by atoms with Crippen LogP contribution in [0.5, 0.6) is 0 Å². The number of aromatic nitrogens is 2. The molecular formula is C8H13N3. The van der Waals surface area contributed by atoms with Crippen molar-refractivity contribution in [3.05, 3.63) is 24.0 Å². The van der Waals surface area contributed by atoms with E-state index in [2.05, 4.69) is 11.2 Å². The van der Waals surface area contributed by atoms with Crippen molar-refractivity contribution in [2.45, 2.75) is 6.42 Å². The zero-order chi connectivity index (χ0) is 8.10. The summed E-state index contributed by atoms with van der Waals surface area (Å²) in [6.45, 7) is 0.703. The molecule has 0 unspecified atom stereocenters. The molecule has 1 aromatic heterocycles. The molecule has 1 heterocycles. The van der Waals surface area contributed by atoms with E-state index in [1.807, 2.05) is 23.9 Å². The average Bonchev–Trinajstić information content (AvgIpc) is 2.37. The van der Waals surface area contributed by atoms with Crippen molar-refractivity contribution in [3.63, 3.8) is 0 Å². The molecule has 0 aliphatic carbocycles. The summed E-state index contributed by atoms with van der Waals surface area (Å²) < 4.78 is 1.83. The highest BCUT2D eigenvalue weighted by molar-refractivity contribution is 5.43. The smallest absolute Gasteiger partial charge is 0.0603 e. The second kappa shape index (κ2) is 3.93. The molecule has 0 atom stereocenters. The van der Waals surface area contributed by atoms with Gasteiger partial charge < -0.3 is 5.73 Å². The van der Waals surface area contributed by atoms with E-state index in [9.17, 15) is 0 Å². The van der Waals surface area contributed by atoms with Gasteiger partial charge in [-0.3, -0.25) is 4.68 Å². The largest absolute Gasteiger partial charge is 0.330 e. The lowest BCUT2D eigenvalue weighted by molar-refractivity contribution is 0.759. The fraction of sp³-hybridized carbons (Fsp3) is 0.375. The van der Waals surface area contributed by atoms with Crippen LogP contribution in [0.15, 0.2) is 18.3 Å². The molecule has 0 saturated carbocycles. The van der Waals surface area contributed by atoms with Crippen LogP contribution in [0.1, 0.15) is 12.1 Å². The summed E-state index contributed by atoms with van der Waals surface area (Å²) in [5.74, 6) is 0. The highest BCUT2D eigenvalue weighted by Crippen LogP contribution is 1.99. The maximum atomic E-state index is 5.33. The lowest BCUT2D eigenvalue weighted by atomic mass is 10.3. The van der Waals surface area contributed by atoms with Crippen molar-refractivity contribution in [2.24, 2.45) is 12.8 Å². The normalized spacial score (nSPS) is 11.1. The molecule has 11 heavy (non-hydrogen) atoms. The molecule has 0 aliphatic heterocycles. The standard InChI is InChI=1S/C8H13N3/c1-11-8(5-7-10-11)4-2-3-6-9/h2,4-5,7H,3,6,9H2,1H3. The summed E-state index contributed by atoms with van der Waals surface area (Å²) in [6, 6.07) is 1.97. The number of hydrogen-bond donors (Lipinski definition) is 1. The third kappa shape index (κ3) is 2.20. The third-order valence-electron chi connectivity index (χ3n) is 1.48. The van der Waals surface area contributed by atoms with Crippen molar-refractivity contribution in [1.29, 1.82) is 0 Å². The Hall–Kier alpha value is -1.09. The molecular weight excluding hydrogens is 138 g/mol. The van der Waals surface area contributed by atoms with Gasteiger partial charge in [-0.2, -0.15) is 5.10 Å². The summed E-state index contributed by atoms with van der Waals surface area (Å²) >= 11 is 0. The van der Waals surface area contributed by atoms with Crippen LogP contribution in [0.25, 0.3) is 6.08 Å². The highest BCUT2D eigenvalue weighted by atomic mass is 15.2. The highest BCUT2D eigenvalue weighted by Gasteiger charge is 1.89. The summed E-state index contributed by atoms with van der Waals surface area (Å²) in [5, 5.41) is 4.03. The fourth-order valence-electron chi connectivity index (χ4n) is 0.848.